The highest BCUT2D eigenvalue weighted by atomic mass is 127. The Labute approximate surface area is 155 Å². The van der Waals surface area contributed by atoms with Gasteiger partial charge in [-0.15, -0.1) is 24.0 Å². The van der Waals surface area contributed by atoms with Crippen LogP contribution in [0.1, 0.15) is 18.1 Å². The maximum absolute atomic E-state index is 5.93. The predicted octanol–water partition coefficient (Wildman–Crippen LogP) is 4.12. The van der Waals surface area contributed by atoms with Crippen LogP contribution in [0.5, 0.6) is 5.75 Å². The molecule has 1 atom stereocenters. The van der Waals surface area contributed by atoms with Gasteiger partial charge in [0.15, 0.2) is 5.96 Å². The molecule has 2 aromatic carbocycles. The zero-order valence-electron chi connectivity index (χ0n) is 13.7. The Hall–Kier alpha value is -1.76. The van der Waals surface area contributed by atoms with E-state index in [0.29, 0.717) is 12.5 Å². The van der Waals surface area contributed by atoms with Crippen LogP contribution < -0.4 is 15.8 Å². The van der Waals surface area contributed by atoms with Crippen LogP contribution in [0.3, 0.4) is 0 Å². The molecule has 2 rings (SSSR count). The van der Waals surface area contributed by atoms with Crippen LogP contribution in [0.2, 0.25) is 0 Å². The number of ether oxygens (including phenoxy) is 1. The fourth-order valence-corrected chi connectivity index (χ4v) is 2.23. The van der Waals surface area contributed by atoms with E-state index in [4.69, 9.17) is 10.5 Å². The van der Waals surface area contributed by atoms with Gasteiger partial charge < -0.3 is 15.8 Å². The van der Waals surface area contributed by atoms with Gasteiger partial charge in [-0.1, -0.05) is 24.3 Å². The minimum absolute atomic E-state index is 0. The zero-order valence-corrected chi connectivity index (χ0v) is 16.1. The Kier molecular flexibility index (Phi) is 7.88. The van der Waals surface area contributed by atoms with Crippen molar-refractivity contribution in [3.63, 3.8) is 0 Å². The van der Waals surface area contributed by atoms with Crippen LogP contribution in [0.25, 0.3) is 0 Å². The van der Waals surface area contributed by atoms with Gasteiger partial charge in [0, 0.05) is 5.69 Å². The van der Waals surface area contributed by atoms with Crippen LogP contribution in [-0.4, -0.2) is 18.6 Å². The molecule has 4 nitrogen and oxygen atoms in total. The number of aliphatic imine (C=N–C) groups is 1. The molecule has 0 amide bonds. The fraction of sp³-hybridized carbons (Fsp3) is 0.278. The highest BCUT2D eigenvalue weighted by molar-refractivity contribution is 14.0. The first kappa shape index (κ1) is 19.3. The van der Waals surface area contributed by atoms with Gasteiger partial charge in [0.2, 0.25) is 0 Å². The van der Waals surface area contributed by atoms with Crippen molar-refractivity contribution in [2.45, 2.75) is 26.9 Å². The molecule has 0 spiro atoms. The molecule has 0 aliphatic carbocycles. The van der Waals surface area contributed by atoms with Gasteiger partial charge in [0.25, 0.3) is 0 Å². The SMILES string of the molecule is Cc1cc(C)cc(NC(N)=NCC(C)Oc2ccccc2)c1.I. The monoisotopic (exact) mass is 425 g/mol. The van der Waals surface area contributed by atoms with Crippen molar-refractivity contribution in [1.82, 2.24) is 0 Å². The molecule has 0 bridgehead atoms. The molecule has 0 aromatic heterocycles. The number of hydrogen-bond acceptors (Lipinski definition) is 2. The molecule has 0 aliphatic rings. The standard InChI is InChI=1S/C18H23N3O.HI/c1-13-9-14(2)11-16(10-13)21-18(19)20-12-15(3)22-17-7-5-4-6-8-17;/h4-11,15H,12H2,1-3H3,(H3,19,20,21);1H. The average molecular weight is 425 g/mol. The number of nitrogens with two attached hydrogens (primary N) is 1. The number of guanidine groups is 1. The van der Waals surface area contributed by atoms with E-state index >= 15 is 0 Å². The Morgan fingerprint density at radius 1 is 1.13 bits per heavy atom. The molecule has 0 saturated carbocycles. The van der Waals surface area contributed by atoms with Crippen molar-refractivity contribution in [3.8, 4) is 5.75 Å². The second-order valence-electron chi connectivity index (χ2n) is 5.47. The predicted molar refractivity (Wildman–Crippen MR) is 108 cm³/mol. The van der Waals surface area contributed by atoms with Gasteiger partial charge >= 0.3 is 0 Å². The van der Waals surface area contributed by atoms with E-state index in [1.807, 2.05) is 49.4 Å². The van der Waals surface area contributed by atoms with Crippen molar-refractivity contribution in [2.75, 3.05) is 11.9 Å². The molecule has 1 unspecified atom stereocenters. The summed E-state index contributed by atoms with van der Waals surface area (Å²) in [5, 5.41) is 3.11. The third kappa shape index (κ3) is 6.90. The van der Waals surface area contributed by atoms with Crippen LogP contribution in [0.4, 0.5) is 5.69 Å². The molecule has 0 saturated heterocycles. The van der Waals surface area contributed by atoms with Crippen molar-refractivity contribution < 1.29 is 4.74 Å². The van der Waals surface area contributed by atoms with Gasteiger partial charge in [-0.25, -0.2) is 4.99 Å². The van der Waals surface area contributed by atoms with E-state index in [1.54, 1.807) is 0 Å². The second-order valence-corrected chi connectivity index (χ2v) is 5.47. The summed E-state index contributed by atoms with van der Waals surface area (Å²) in [6, 6.07) is 15.9. The molecule has 0 heterocycles. The molecule has 3 N–H and O–H groups in total. The number of rotatable bonds is 5. The lowest BCUT2D eigenvalue weighted by molar-refractivity contribution is 0.230. The maximum atomic E-state index is 5.93. The highest BCUT2D eigenvalue weighted by Crippen LogP contribution is 2.13. The molecular formula is C18H24IN3O. The summed E-state index contributed by atoms with van der Waals surface area (Å²) in [7, 11) is 0. The quantitative estimate of drug-likeness (QED) is 0.431. The van der Waals surface area contributed by atoms with E-state index in [0.717, 1.165) is 11.4 Å². The number of hydrogen-bond donors (Lipinski definition) is 2. The summed E-state index contributed by atoms with van der Waals surface area (Å²) in [5.41, 5.74) is 9.27. The highest BCUT2D eigenvalue weighted by Gasteiger charge is 2.03. The number of benzene rings is 2. The summed E-state index contributed by atoms with van der Waals surface area (Å²) >= 11 is 0. The molecule has 0 fully saturated rings. The van der Waals surface area contributed by atoms with Gasteiger partial charge in [-0.2, -0.15) is 0 Å². The lowest BCUT2D eigenvalue weighted by Crippen LogP contribution is -2.25. The van der Waals surface area contributed by atoms with E-state index < -0.39 is 0 Å². The molecule has 2 aromatic rings. The largest absolute Gasteiger partial charge is 0.489 e. The second kappa shape index (κ2) is 9.39. The first-order valence-corrected chi connectivity index (χ1v) is 7.40. The van der Waals surface area contributed by atoms with Crippen LogP contribution in [0, 0.1) is 13.8 Å². The van der Waals surface area contributed by atoms with E-state index in [2.05, 4.69) is 30.2 Å². The van der Waals surface area contributed by atoms with Crippen molar-refractivity contribution in [1.29, 1.82) is 0 Å². The third-order valence-corrected chi connectivity index (χ3v) is 3.09. The van der Waals surface area contributed by atoms with Gasteiger partial charge in [0.1, 0.15) is 11.9 Å². The van der Waals surface area contributed by atoms with Crippen LogP contribution in [-0.2, 0) is 0 Å². The Morgan fingerprint density at radius 3 is 2.35 bits per heavy atom. The first-order valence-electron chi connectivity index (χ1n) is 7.40. The summed E-state index contributed by atoms with van der Waals surface area (Å²) < 4.78 is 5.76. The zero-order chi connectivity index (χ0) is 15.9. The molecular weight excluding hydrogens is 401 g/mol. The fourth-order valence-electron chi connectivity index (χ4n) is 2.23. The number of nitrogens with one attached hydrogen (secondary N) is 1. The smallest absolute Gasteiger partial charge is 0.193 e. The molecule has 0 radical (unpaired) electrons. The van der Waals surface area contributed by atoms with Crippen LogP contribution >= 0.6 is 24.0 Å². The lowest BCUT2D eigenvalue weighted by atomic mass is 10.1. The minimum atomic E-state index is -0.0398. The molecule has 0 aliphatic heterocycles. The molecule has 5 heteroatoms. The third-order valence-electron chi connectivity index (χ3n) is 3.09. The minimum Gasteiger partial charge on any atom is -0.489 e. The van der Waals surface area contributed by atoms with Gasteiger partial charge in [-0.3, -0.25) is 0 Å². The molecule has 23 heavy (non-hydrogen) atoms. The summed E-state index contributed by atoms with van der Waals surface area (Å²) in [5.74, 6) is 1.24. The lowest BCUT2D eigenvalue weighted by Gasteiger charge is -2.13. The van der Waals surface area contributed by atoms with Crippen LogP contribution in [0.15, 0.2) is 53.5 Å². The van der Waals surface area contributed by atoms with E-state index in [1.165, 1.54) is 11.1 Å². The van der Waals surface area contributed by atoms with Gasteiger partial charge in [-0.05, 0) is 56.2 Å². The average Bonchev–Trinajstić information content (AvgIpc) is 2.45. The summed E-state index contributed by atoms with van der Waals surface area (Å²) in [4.78, 5) is 4.33. The summed E-state index contributed by atoms with van der Waals surface area (Å²) in [6.45, 7) is 6.59. The van der Waals surface area contributed by atoms with E-state index in [-0.39, 0.29) is 30.1 Å². The van der Waals surface area contributed by atoms with Crippen molar-refractivity contribution >= 4 is 35.6 Å². The van der Waals surface area contributed by atoms with Crippen molar-refractivity contribution in [3.05, 3.63) is 59.7 Å². The number of para-hydroxylation sites is 1. The number of aryl methyl sites for hydroxylation is 2. The Balaban J connectivity index is 0.00000264. The number of halogens is 1. The first-order chi connectivity index (χ1) is 10.5. The summed E-state index contributed by atoms with van der Waals surface area (Å²) in [6.07, 6.45) is -0.0398. The molecule has 124 valence electrons. The normalized spacial score (nSPS) is 12.2. The number of nitrogens with zero attached hydrogens (tertiary/aromatic N) is 1. The van der Waals surface area contributed by atoms with Gasteiger partial charge in [0.05, 0.1) is 6.54 Å². The Morgan fingerprint density at radius 2 is 1.74 bits per heavy atom. The van der Waals surface area contributed by atoms with Crippen molar-refractivity contribution in [2.24, 2.45) is 10.7 Å². The number of anilines is 1. The maximum Gasteiger partial charge on any atom is 0.193 e. The Bertz CT molecular complexity index is 624. The topological polar surface area (TPSA) is 59.6 Å². The van der Waals surface area contributed by atoms with E-state index in [9.17, 15) is 0 Å².